The normalized spacial score (nSPS) is 11.7. The van der Waals surface area contributed by atoms with E-state index in [1.807, 2.05) is 41.7 Å². The summed E-state index contributed by atoms with van der Waals surface area (Å²) in [6, 6.07) is 70.1. The Bertz CT molecular complexity index is 3590. The number of hydrogen-bond acceptors (Lipinski definition) is 5. The number of thiophene rings is 1. The Morgan fingerprint density at radius 2 is 1.00 bits per heavy atom. The predicted octanol–water partition coefficient (Wildman–Crippen LogP) is 15.3. The molecule has 0 N–H and O–H groups in total. The molecule has 12 rings (SSSR count). The van der Waals surface area contributed by atoms with Crippen LogP contribution in [0.3, 0.4) is 0 Å². The fourth-order valence-electron chi connectivity index (χ4n) is 8.57. The summed E-state index contributed by atoms with van der Waals surface area (Å²) in [6.45, 7) is 0. The molecule has 0 aliphatic heterocycles. The van der Waals surface area contributed by atoms with Gasteiger partial charge in [0.2, 0.25) is 0 Å². The Balaban J connectivity index is 0.961. The number of pyridine rings is 1. The third-order valence-corrected chi connectivity index (χ3v) is 12.7. The number of furan rings is 1. The highest BCUT2D eigenvalue weighted by atomic mass is 32.1. The van der Waals surface area contributed by atoms with Crippen molar-refractivity contribution in [1.29, 1.82) is 0 Å². The Morgan fingerprint density at radius 3 is 1.83 bits per heavy atom. The van der Waals surface area contributed by atoms with Crippen LogP contribution in [-0.2, 0) is 0 Å². The number of nitrogens with zero attached hydrogens (tertiary/aromatic N) is 3. The second kappa shape index (κ2) is 14.0. The van der Waals surface area contributed by atoms with E-state index in [2.05, 4.69) is 170 Å². The van der Waals surface area contributed by atoms with Gasteiger partial charge in [0.25, 0.3) is 0 Å². The molecule has 0 bridgehead atoms. The van der Waals surface area contributed by atoms with Crippen molar-refractivity contribution in [3.8, 4) is 67.4 Å². The van der Waals surface area contributed by atoms with Crippen LogP contribution < -0.4 is 0 Å². The molecule has 8 aromatic carbocycles. The molecule has 0 saturated heterocycles. The number of aromatic nitrogens is 3. The molecule has 5 heteroatoms. The molecule has 4 heterocycles. The van der Waals surface area contributed by atoms with Crippen LogP contribution in [0, 0.1) is 0 Å². The SMILES string of the molecule is c1ccc(-c2nc(-c3ccc(-c4cccc5c4oc4ccccc45)cc3)cc(-c3cccc(-c4ccc5nc(-c6ccccc6)c6sc7ccccc7c6c5c4)c3)n2)cc1. The molecule has 0 unspecified atom stereocenters. The Hall–Kier alpha value is -7.73. The first-order valence-corrected chi connectivity index (χ1v) is 20.9. The molecule has 0 spiro atoms. The molecule has 12 aromatic rings. The maximum absolute atomic E-state index is 6.38. The molecule has 0 aliphatic rings. The monoisotopic (exact) mass is 783 g/mol. The standard InChI is InChI=1S/C55H33N3OS/c1-3-13-36(14-4-1)52-54-51(44-20-8-10-24-50(44)60-54)45-32-39(29-30-46(45)56-52)38-17-11-18-40(31-38)48-33-47(57-55(58-48)37-15-5-2-6-16-37)35-27-25-34(26-28-35)41-21-12-22-43-42-19-7-9-23-49(42)59-53(41)43/h1-33H. The number of fused-ring (bicyclic) bond motifs is 8. The lowest BCUT2D eigenvalue weighted by molar-refractivity contribution is 0.670. The van der Waals surface area contributed by atoms with E-state index in [-0.39, 0.29) is 0 Å². The zero-order valence-corrected chi connectivity index (χ0v) is 33.0. The van der Waals surface area contributed by atoms with Crippen molar-refractivity contribution in [3.63, 3.8) is 0 Å². The van der Waals surface area contributed by atoms with Crippen molar-refractivity contribution in [2.45, 2.75) is 0 Å². The molecular formula is C55H33N3OS. The van der Waals surface area contributed by atoms with Gasteiger partial charge in [-0.1, -0.05) is 164 Å². The highest BCUT2D eigenvalue weighted by Crippen LogP contribution is 2.44. The Labute approximate surface area is 349 Å². The van der Waals surface area contributed by atoms with Gasteiger partial charge in [0.05, 0.1) is 27.3 Å². The van der Waals surface area contributed by atoms with Crippen LogP contribution in [0.15, 0.2) is 205 Å². The first-order chi connectivity index (χ1) is 29.7. The van der Waals surface area contributed by atoms with Gasteiger partial charge in [-0.2, -0.15) is 0 Å². The molecule has 0 aliphatic carbocycles. The maximum atomic E-state index is 6.38. The van der Waals surface area contributed by atoms with Crippen molar-refractivity contribution in [3.05, 3.63) is 200 Å². The van der Waals surface area contributed by atoms with Crippen molar-refractivity contribution in [2.24, 2.45) is 0 Å². The van der Waals surface area contributed by atoms with Crippen molar-refractivity contribution in [1.82, 2.24) is 15.0 Å². The Morgan fingerprint density at radius 1 is 0.383 bits per heavy atom. The van der Waals surface area contributed by atoms with Crippen LogP contribution in [0.5, 0.6) is 0 Å². The molecule has 0 radical (unpaired) electrons. The summed E-state index contributed by atoms with van der Waals surface area (Å²) in [6.07, 6.45) is 0. The quantitative estimate of drug-likeness (QED) is 0.169. The van der Waals surface area contributed by atoms with E-state index >= 15 is 0 Å². The zero-order valence-electron chi connectivity index (χ0n) is 32.2. The lowest BCUT2D eigenvalue weighted by Gasteiger charge is -2.12. The second-order valence-electron chi connectivity index (χ2n) is 15.1. The van der Waals surface area contributed by atoms with Crippen LogP contribution in [0.4, 0.5) is 0 Å². The third kappa shape index (κ3) is 5.78. The second-order valence-corrected chi connectivity index (χ2v) is 16.2. The first-order valence-electron chi connectivity index (χ1n) is 20.1. The highest BCUT2D eigenvalue weighted by Gasteiger charge is 2.18. The minimum absolute atomic E-state index is 0.683. The number of rotatable bonds is 6. The summed E-state index contributed by atoms with van der Waals surface area (Å²) in [4.78, 5) is 15.6. The predicted molar refractivity (Wildman–Crippen MR) is 250 cm³/mol. The molecule has 60 heavy (non-hydrogen) atoms. The van der Waals surface area contributed by atoms with E-state index in [1.165, 1.54) is 20.2 Å². The molecule has 0 amide bonds. The maximum Gasteiger partial charge on any atom is 0.160 e. The van der Waals surface area contributed by atoms with Gasteiger partial charge in [-0.25, -0.2) is 15.0 Å². The van der Waals surface area contributed by atoms with E-state index in [0.717, 1.165) is 94.4 Å². The fraction of sp³-hybridized carbons (Fsp3) is 0. The van der Waals surface area contributed by atoms with Gasteiger partial charge in [-0.05, 0) is 53.1 Å². The molecule has 4 aromatic heterocycles. The molecule has 0 fully saturated rings. The lowest BCUT2D eigenvalue weighted by Crippen LogP contribution is -1.96. The summed E-state index contributed by atoms with van der Waals surface area (Å²) in [7, 11) is 0. The summed E-state index contributed by atoms with van der Waals surface area (Å²) in [5.41, 5.74) is 14.0. The van der Waals surface area contributed by atoms with Crippen LogP contribution in [0.2, 0.25) is 0 Å². The van der Waals surface area contributed by atoms with Gasteiger partial charge in [-0.15, -0.1) is 11.3 Å². The largest absolute Gasteiger partial charge is 0.455 e. The summed E-state index contributed by atoms with van der Waals surface area (Å²) >= 11 is 1.82. The Kier molecular flexibility index (Phi) is 8.00. The van der Waals surface area contributed by atoms with Gasteiger partial charge in [-0.3, -0.25) is 0 Å². The fourth-order valence-corrected chi connectivity index (χ4v) is 9.80. The van der Waals surface area contributed by atoms with Gasteiger partial charge in [0.1, 0.15) is 11.2 Å². The van der Waals surface area contributed by atoms with Crippen LogP contribution in [0.1, 0.15) is 0 Å². The van der Waals surface area contributed by atoms with Gasteiger partial charge >= 0.3 is 0 Å². The lowest BCUT2D eigenvalue weighted by atomic mass is 9.97. The average Bonchev–Trinajstić information content (AvgIpc) is 3.91. The third-order valence-electron chi connectivity index (χ3n) is 11.5. The number of benzene rings is 8. The molecule has 4 nitrogen and oxygen atoms in total. The average molecular weight is 784 g/mol. The molecule has 280 valence electrons. The highest BCUT2D eigenvalue weighted by molar-refractivity contribution is 7.26. The summed E-state index contributed by atoms with van der Waals surface area (Å²) < 4.78 is 8.85. The van der Waals surface area contributed by atoms with Crippen molar-refractivity contribution in [2.75, 3.05) is 0 Å². The zero-order chi connectivity index (χ0) is 39.6. The van der Waals surface area contributed by atoms with E-state index in [1.54, 1.807) is 0 Å². The summed E-state index contributed by atoms with van der Waals surface area (Å²) in [5.74, 6) is 0.683. The molecule has 0 atom stereocenters. The molecule has 0 saturated carbocycles. The van der Waals surface area contributed by atoms with Gasteiger partial charge in [0, 0.05) is 59.4 Å². The number of hydrogen-bond donors (Lipinski definition) is 0. The van der Waals surface area contributed by atoms with Crippen molar-refractivity contribution >= 4 is 64.4 Å². The minimum Gasteiger partial charge on any atom is -0.455 e. The number of para-hydroxylation sites is 2. The summed E-state index contributed by atoms with van der Waals surface area (Å²) in [5, 5.41) is 5.91. The van der Waals surface area contributed by atoms with Crippen LogP contribution >= 0.6 is 11.3 Å². The van der Waals surface area contributed by atoms with E-state index in [4.69, 9.17) is 19.4 Å². The minimum atomic E-state index is 0.683. The van der Waals surface area contributed by atoms with Crippen LogP contribution in [-0.4, -0.2) is 15.0 Å². The first kappa shape index (κ1) is 34.3. The topological polar surface area (TPSA) is 51.8 Å². The smallest absolute Gasteiger partial charge is 0.160 e. The molecular weight excluding hydrogens is 751 g/mol. The van der Waals surface area contributed by atoms with Crippen LogP contribution in [0.25, 0.3) is 120 Å². The van der Waals surface area contributed by atoms with Crippen molar-refractivity contribution < 1.29 is 4.42 Å². The van der Waals surface area contributed by atoms with E-state index in [0.29, 0.717) is 5.82 Å². The van der Waals surface area contributed by atoms with Gasteiger partial charge in [0.15, 0.2) is 5.82 Å². The van der Waals surface area contributed by atoms with E-state index in [9.17, 15) is 0 Å². The van der Waals surface area contributed by atoms with E-state index < -0.39 is 0 Å². The van der Waals surface area contributed by atoms with Gasteiger partial charge < -0.3 is 4.42 Å².